The molecule has 1 amide bonds. The average Bonchev–Trinajstić information content (AvgIpc) is 3.19. The molecule has 0 aliphatic heterocycles. The van der Waals surface area contributed by atoms with Gasteiger partial charge in [0.05, 0.1) is 25.4 Å². The maximum Gasteiger partial charge on any atom is 0.263 e. The second-order valence-electron chi connectivity index (χ2n) is 8.28. The Morgan fingerprint density at radius 1 is 1.30 bits per heavy atom. The van der Waals surface area contributed by atoms with Crippen LogP contribution in [0.5, 0.6) is 11.5 Å². The molecule has 0 spiro atoms. The first-order chi connectivity index (χ1) is 15.9. The van der Waals surface area contributed by atoms with Crippen LogP contribution in [0.4, 0.5) is 0 Å². The lowest BCUT2D eigenvalue weighted by molar-refractivity contribution is -0.118. The molecule has 1 unspecified atom stereocenters. The van der Waals surface area contributed by atoms with Crippen LogP contribution >= 0.6 is 23.1 Å². The number of hydrogen-bond acceptors (Lipinski definition) is 7. The third-order valence-corrected chi connectivity index (χ3v) is 8.19. The molecule has 4 rings (SSSR count). The van der Waals surface area contributed by atoms with E-state index in [9.17, 15) is 9.59 Å². The Morgan fingerprint density at radius 2 is 2.09 bits per heavy atom. The zero-order chi connectivity index (χ0) is 23.5. The highest BCUT2D eigenvalue weighted by Crippen LogP contribution is 2.36. The molecular formula is C24H29N3O4S2. The Morgan fingerprint density at radius 3 is 2.82 bits per heavy atom. The van der Waals surface area contributed by atoms with Gasteiger partial charge in [-0.05, 0) is 54.9 Å². The van der Waals surface area contributed by atoms with Crippen LogP contribution < -0.4 is 20.3 Å². The largest absolute Gasteiger partial charge is 0.493 e. The van der Waals surface area contributed by atoms with Crippen molar-refractivity contribution in [2.75, 3.05) is 27.0 Å². The number of thioether (sulfide) groups is 1. The van der Waals surface area contributed by atoms with Crippen molar-refractivity contribution in [1.29, 1.82) is 0 Å². The zero-order valence-corrected chi connectivity index (χ0v) is 21.0. The first-order valence-electron chi connectivity index (χ1n) is 11.0. The molecule has 1 atom stereocenters. The third kappa shape index (κ3) is 4.89. The van der Waals surface area contributed by atoms with Crippen LogP contribution in [0.2, 0.25) is 0 Å². The molecule has 1 N–H and O–H groups in total. The molecule has 1 aliphatic rings. The normalized spacial score (nSPS) is 15.3. The molecule has 176 valence electrons. The number of aryl methyl sites for hydroxylation is 2. The van der Waals surface area contributed by atoms with Gasteiger partial charge in [0.25, 0.3) is 5.56 Å². The molecule has 0 fully saturated rings. The fourth-order valence-corrected chi connectivity index (χ4v) is 6.51. The van der Waals surface area contributed by atoms with Gasteiger partial charge >= 0.3 is 0 Å². The van der Waals surface area contributed by atoms with Crippen molar-refractivity contribution in [3.8, 4) is 11.5 Å². The first kappa shape index (κ1) is 23.6. The van der Waals surface area contributed by atoms with Gasteiger partial charge in [-0.25, -0.2) is 4.98 Å². The molecule has 3 aromatic rings. The van der Waals surface area contributed by atoms with Crippen molar-refractivity contribution in [2.24, 2.45) is 5.92 Å². The highest BCUT2D eigenvalue weighted by atomic mass is 32.2. The minimum absolute atomic E-state index is 0.00747. The highest BCUT2D eigenvalue weighted by molar-refractivity contribution is 7.99. The number of amides is 1. The first-order valence-corrected chi connectivity index (χ1v) is 12.8. The van der Waals surface area contributed by atoms with Crippen LogP contribution in [0.15, 0.2) is 28.2 Å². The van der Waals surface area contributed by atoms with Gasteiger partial charge in [0.2, 0.25) is 5.91 Å². The molecule has 9 heteroatoms. The molecule has 1 aromatic carbocycles. The molecule has 2 heterocycles. The molecular weight excluding hydrogens is 458 g/mol. The van der Waals surface area contributed by atoms with Crippen molar-refractivity contribution >= 4 is 39.2 Å². The summed E-state index contributed by atoms with van der Waals surface area (Å²) in [6.07, 6.45) is 3.65. The summed E-state index contributed by atoms with van der Waals surface area (Å²) in [6.45, 7) is 2.72. The third-order valence-electron chi connectivity index (χ3n) is 6.06. The number of ether oxygens (including phenoxy) is 2. The zero-order valence-electron chi connectivity index (χ0n) is 19.4. The number of benzene rings is 1. The molecule has 0 bridgehead atoms. The molecule has 2 aromatic heterocycles. The van der Waals surface area contributed by atoms with E-state index in [4.69, 9.17) is 14.5 Å². The van der Waals surface area contributed by atoms with Gasteiger partial charge in [0.15, 0.2) is 16.7 Å². The fourth-order valence-electron chi connectivity index (χ4n) is 4.19. The topological polar surface area (TPSA) is 82.5 Å². The minimum atomic E-state index is -0.0971. The second kappa shape index (κ2) is 10.2. The SMILES string of the molecule is CNC(=O)CSc1nc2sc3c(c2c(=O)n1CCc1ccc(OC)c(OC)c1)CCC(C)C3. The number of methoxy groups -OCH3 is 2. The maximum atomic E-state index is 13.7. The second-order valence-corrected chi connectivity index (χ2v) is 10.3. The number of nitrogens with one attached hydrogen (secondary N) is 1. The molecule has 0 saturated carbocycles. The summed E-state index contributed by atoms with van der Waals surface area (Å²) in [5.41, 5.74) is 2.20. The van der Waals surface area contributed by atoms with Gasteiger partial charge in [0, 0.05) is 18.5 Å². The van der Waals surface area contributed by atoms with Crippen LogP contribution in [0, 0.1) is 5.92 Å². The Kier molecular flexibility index (Phi) is 7.29. The number of rotatable bonds is 8. The van der Waals surface area contributed by atoms with Gasteiger partial charge in [-0.2, -0.15) is 0 Å². The van der Waals surface area contributed by atoms with Crippen molar-refractivity contribution in [3.63, 3.8) is 0 Å². The van der Waals surface area contributed by atoms with Gasteiger partial charge in [-0.3, -0.25) is 14.2 Å². The smallest absolute Gasteiger partial charge is 0.263 e. The molecule has 1 aliphatic carbocycles. The van der Waals surface area contributed by atoms with E-state index in [1.54, 1.807) is 37.2 Å². The lowest BCUT2D eigenvalue weighted by atomic mass is 9.89. The predicted molar refractivity (Wildman–Crippen MR) is 133 cm³/mol. The van der Waals surface area contributed by atoms with Crippen molar-refractivity contribution in [1.82, 2.24) is 14.9 Å². The Hall–Kier alpha value is -2.52. The van der Waals surface area contributed by atoms with Crippen LogP contribution in [0.1, 0.15) is 29.3 Å². The summed E-state index contributed by atoms with van der Waals surface area (Å²) in [4.78, 5) is 32.5. The maximum absolute atomic E-state index is 13.7. The van der Waals surface area contributed by atoms with E-state index in [0.29, 0.717) is 35.5 Å². The Labute approximate surface area is 201 Å². The van der Waals surface area contributed by atoms with E-state index in [2.05, 4.69) is 12.2 Å². The van der Waals surface area contributed by atoms with E-state index < -0.39 is 0 Å². The number of hydrogen-bond donors (Lipinski definition) is 1. The highest BCUT2D eigenvalue weighted by Gasteiger charge is 2.25. The number of thiophene rings is 1. The van der Waals surface area contributed by atoms with Crippen molar-refractivity contribution in [2.45, 2.75) is 44.3 Å². The van der Waals surface area contributed by atoms with E-state index in [1.807, 2.05) is 18.2 Å². The number of carbonyl (C=O) groups excluding carboxylic acids is 1. The summed E-state index contributed by atoms with van der Waals surface area (Å²) in [7, 11) is 4.83. The summed E-state index contributed by atoms with van der Waals surface area (Å²) in [5.74, 6) is 2.07. The van der Waals surface area contributed by atoms with Crippen molar-refractivity contribution in [3.05, 3.63) is 44.6 Å². The van der Waals surface area contributed by atoms with Gasteiger partial charge in [0.1, 0.15) is 4.83 Å². The summed E-state index contributed by atoms with van der Waals surface area (Å²) in [5, 5.41) is 3.98. The number of fused-ring (bicyclic) bond motifs is 3. The lowest BCUT2D eigenvalue weighted by Gasteiger charge is -2.18. The van der Waals surface area contributed by atoms with Gasteiger partial charge in [-0.1, -0.05) is 24.8 Å². The van der Waals surface area contributed by atoms with Crippen LogP contribution in [0.3, 0.4) is 0 Å². The summed E-state index contributed by atoms with van der Waals surface area (Å²) >= 11 is 2.94. The minimum Gasteiger partial charge on any atom is -0.493 e. The average molecular weight is 488 g/mol. The van der Waals surface area contributed by atoms with Crippen LogP contribution in [-0.2, 0) is 30.6 Å². The summed E-state index contributed by atoms with van der Waals surface area (Å²) < 4.78 is 12.5. The summed E-state index contributed by atoms with van der Waals surface area (Å²) in [6, 6.07) is 5.78. The number of carbonyl (C=O) groups is 1. The lowest BCUT2D eigenvalue weighted by Crippen LogP contribution is -2.26. The Bertz CT molecular complexity index is 1230. The van der Waals surface area contributed by atoms with E-state index in [1.165, 1.54) is 22.2 Å². The number of nitrogens with zero attached hydrogens (tertiary/aromatic N) is 2. The molecule has 33 heavy (non-hydrogen) atoms. The quantitative estimate of drug-likeness (QED) is 0.386. The van der Waals surface area contributed by atoms with Gasteiger partial charge in [-0.15, -0.1) is 11.3 Å². The van der Waals surface area contributed by atoms with Crippen LogP contribution in [-0.4, -0.2) is 42.5 Å². The number of aromatic nitrogens is 2. The van der Waals surface area contributed by atoms with E-state index >= 15 is 0 Å². The molecule has 0 radical (unpaired) electrons. The standard InChI is InChI=1S/C24H29N3O4S2/c1-14-5-7-16-19(11-14)33-22-21(16)23(29)27(24(26-22)32-13-20(28)25-2)10-9-15-6-8-17(30-3)18(12-15)31-4/h6,8,12,14H,5,7,9-11,13H2,1-4H3,(H,25,28). The van der Waals surface area contributed by atoms with Crippen molar-refractivity contribution < 1.29 is 14.3 Å². The van der Waals surface area contributed by atoms with E-state index in [0.717, 1.165) is 35.0 Å². The van der Waals surface area contributed by atoms with E-state index in [-0.39, 0.29) is 17.2 Å². The van der Waals surface area contributed by atoms with Gasteiger partial charge < -0.3 is 14.8 Å². The monoisotopic (exact) mass is 487 g/mol. The molecule has 0 saturated heterocycles. The molecule has 7 nitrogen and oxygen atoms in total. The Balaban J connectivity index is 1.72. The van der Waals surface area contributed by atoms with Crippen LogP contribution in [0.25, 0.3) is 10.2 Å². The fraction of sp³-hybridized carbons (Fsp3) is 0.458. The predicted octanol–water partition coefficient (Wildman–Crippen LogP) is 3.68.